The van der Waals surface area contributed by atoms with Gasteiger partial charge >= 0.3 is 5.97 Å². The largest absolute Gasteiger partial charge is 0.480 e. The van der Waals surface area contributed by atoms with Gasteiger partial charge in [0, 0.05) is 23.9 Å². The van der Waals surface area contributed by atoms with Crippen molar-refractivity contribution in [3.8, 4) is 0 Å². The zero-order valence-electron chi connectivity index (χ0n) is 12.1. The first-order valence-corrected chi connectivity index (χ1v) is 7.68. The maximum Gasteiger partial charge on any atom is 0.329 e. The Labute approximate surface area is 127 Å². The monoisotopic (exact) mass is 312 g/mol. The van der Waals surface area contributed by atoms with Gasteiger partial charge in [-0.05, 0) is 31.2 Å². The van der Waals surface area contributed by atoms with Gasteiger partial charge in [-0.15, -0.1) is 0 Å². The van der Waals surface area contributed by atoms with Crippen LogP contribution in [0.25, 0.3) is 0 Å². The van der Waals surface area contributed by atoms with Crippen molar-refractivity contribution in [3.05, 3.63) is 22.4 Å². The van der Waals surface area contributed by atoms with Crippen molar-refractivity contribution >= 4 is 29.1 Å². The van der Waals surface area contributed by atoms with Crippen molar-refractivity contribution in [2.45, 2.75) is 38.6 Å². The highest BCUT2D eigenvalue weighted by molar-refractivity contribution is 7.08. The highest BCUT2D eigenvalue weighted by atomic mass is 32.1. The first kappa shape index (κ1) is 17.2. The van der Waals surface area contributed by atoms with Crippen LogP contribution >= 0.6 is 11.3 Å². The molecule has 0 saturated heterocycles. The minimum Gasteiger partial charge on any atom is -0.480 e. The Morgan fingerprint density at radius 2 is 2.10 bits per heavy atom. The summed E-state index contributed by atoms with van der Waals surface area (Å²) in [7, 11) is 0. The van der Waals surface area contributed by atoms with Crippen LogP contribution in [0.4, 0.5) is 0 Å². The molecule has 0 aromatic carbocycles. The van der Waals surface area contributed by atoms with Crippen LogP contribution in [0, 0.1) is 0 Å². The second kappa shape index (κ2) is 7.78. The van der Waals surface area contributed by atoms with E-state index >= 15 is 0 Å². The molecule has 0 saturated carbocycles. The third-order valence-electron chi connectivity index (χ3n) is 3.24. The average Bonchev–Trinajstić information content (AvgIpc) is 2.97. The van der Waals surface area contributed by atoms with Gasteiger partial charge in [-0.3, -0.25) is 9.59 Å². The van der Waals surface area contributed by atoms with Gasteiger partial charge in [0.2, 0.25) is 5.91 Å². The van der Waals surface area contributed by atoms with Crippen LogP contribution in [0.2, 0.25) is 0 Å². The smallest absolute Gasteiger partial charge is 0.329 e. The van der Waals surface area contributed by atoms with Crippen molar-refractivity contribution in [3.63, 3.8) is 0 Å². The van der Waals surface area contributed by atoms with E-state index in [4.69, 9.17) is 5.11 Å². The lowest BCUT2D eigenvalue weighted by Gasteiger charge is -2.24. The number of hydrogen-bond acceptors (Lipinski definition) is 4. The van der Waals surface area contributed by atoms with Crippen molar-refractivity contribution in [1.82, 2.24) is 10.6 Å². The molecule has 6 nitrogen and oxygen atoms in total. The van der Waals surface area contributed by atoms with Crippen molar-refractivity contribution in [2.75, 3.05) is 6.54 Å². The second-order valence-corrected chi connectivity index (χ2v) is 5.69. The molecule has 116 valence electrons. The predicted octanol–water partition coefficient (Wildman–Crippen LogP) is 1.63. The van der Waals surface area contributed by atoms with Crippen LogP contribution in [0.15, 0.2) is 16.8 Å². The molecule has 7 heteroatoms. The molecule has 1 heterocycles. The lowest BCUT2D eigenvalue weighted by atomic mass is 9.99. The van der Waals surface area contributed by atoms with E-state index in [1.165, 1.54) is 18.3 Å². The Morgan fingerprint density at radius 1 is 1.38 bits per heavy atom. The Morgan fingerprint density at radius 3 is 2.62 bits per heavy atom. The minimum atomic E-state index is -1.24. The van der Waals surface area contributed by atoms with E-state index in [9.17, 15) is 14.4 Å². The Kier molecular flexibility index (Phi) is 6.36. The molecule has 1 aromatic rings. The molecule has 2 amide bonds. The molecule has 0 radical (unpaired) electrons. The lowest BCUT2D eigenvalue weighted by molar-refractivity contribution is -0.147. The number of nitrogens with one attached hydrogen (secondary N) is 2. The number of aliphatic carboxylic acids is 1. The zero-order chi connectivity index (χ0) is 15.9. The Bertz CT molecular complexity index is 501. The van der Waals surface area contributed by atoms with E-state index in [1.807, 2.05) is 5.38 Å². The number of thiophene rings is 1. The van der Waals surface area contributed by atoms with Crippen LogP contribution in [0.3, 0.4) is 0 Å². The van der Waals surface area contributed by atoms with E-state index < -0.39 is 11.5 Å². The van der Waals surface area contributed by atoms with Crippen molar-refractivity contribution < 1.29 is 19.5 Å². The molecular weight excluding hydrogens is 292 g/mol. The number of carboxylic acids is 1. The molecule has 1 aromatic heterocycles. The summed E-state index contributed by atoms with van der Waals surface area (Å²) >= 11 is 1.44. The topological polar surface area (TPSA) is 95.5 Å². The second-order valence-electron chi connectivity index (χ2n) is 4.91. The van der Waals surface area contributed by atoms with Crippen LogP contribution < -0.4 is 10.6 Å². The molecule has 0 aliphatic heterocycles. The van der Waals surface area contributed by atoms with Gasteiger partial charge < -0.3 is 15.7 Å². The fourth-order valence-electron chi connectivity index (χ4n) is 1.61. The summed E-state index contributed by atoms with van der Waals surface area (Å²) in [5.41, 5.74) is -0.634. The van der Waals surface area contributed by atoms with E-state index in [1.54, 1.807) is 18.4 Å². The molecule has 1 unspecified atom stereocenters. The summed E-state index contributed by atoms with van der Waals surface area (Å²) in [6.07, 6.45) is 0.941. The van der Waals surface area contributed by atoms with Crippen LogP contribution in [-0.4, -0.2) is 35.0 Å². The summed E-state index contributed by atoms with van der Waals surface area (Å²) in [6.45, 7) is 3.55. The van der Waals surface area contributed by atoms with E-state index in [0.29, 0.717) is 24.9 Å². The van der Waals surface area contributed by atoms with Crippen LogP contribution in [-0.2, 0) is 9.59 Å². The molecular formula is C14H20N2O4S. The summed E-state index contributed by atoms with van der Waals surface area (Å²) in [5, 5.41) is 17.9. The Balaban J connectivity index is 2.28. The van der Waals surface area contributed by atoms with Gasteiger partial charge in [-0.2, -0.15) is 11.3 Å². The number of carbonyl (C=O) groups excluding carboxylic acids is 2. The molecule has 21 heavy (non-hydrogen) atoms. The number of hydrogen-bond donors (Lipinski definition) is 3. The number of rotatable bonds is 8. The quantitative estimate of drug-likeness (QED) is 0.636. The standard InChI is InChI=1S/C14H20N2O4S/c1-3-14(2,13(19)20)16-11(17)5-4-7-15-12(18)10-6-8-21-9-10/h6,8-9H,3-5,7H2,1-2H3,(H,15,18)(H,16,17)(H,19,20). The number of carbonyl (C=O) groups is 3. The summed E-state index contributed by atoms with van der Waals surface area (Å²) in [5.74, 6) is -1.55. The maximum absolute atomic E-state index is 11.7. The molecule has 0 aliphatic rings. The van der Waals surface area contributed by atoms with Crippen molar-refractivity contribution in [1.29, 1.82) is 0 Å². The highest BCUT2D eigenvalue weighted by Gasteiger charge is 2.32. The highest BCUT2D eigenvalue weighted by Crippen LogP contribution is 2.10. The molecule has 1 rings (SSSR count). The molecule has 3 N–H and O–H groups in total. The normalized spacial score (nSPS) is 13.2. The van der Waals surface area contributed by atoms with Crippen LogP contribution in [0.5, 0.6) is 0 Å². The van der Waals surface area contributed by atoms with Crippen molar-refractivity contribution in [2.24, 2.45) is 0 Å². The summed E-state index contributed by atoms with van der Waals surface area (Å²) in [4.78, 5) is 34.4. The van der Waals surface area contributed by atoms with E-state index in [0.717, 1.165) is 0 Å². The number of carboxylic acid groups (broad SMARTS) is 1. The fourth-order valence-corrected chi connectivity index (χ4v) is 2.25. The molecule has 1 atom stereocenters. The summed E-state index contributed by atoms with van der Waals surface area (Å²) < 4.78 is 0. The molecule has 0 fully saturated rings. The van der Waals surface area contributed by atoms with Gasteiger partial charge in [0.05, 0.1) is 0 Å². The average molecular weight is 312 g/mol. The first-order chi connectivity index (χ1) is 9.89. The summed E-state index contributed by atoms with van der Waals surface area (Å²) in [6, 6.07) is 1.73. The van der Waals surface area contributed by atoms with Gasteiger partial charge in [-0.1, -0.05) is 6.92 Å². The third kappa shape index (κ3) is 5.18. The zero-order valence-corrected chi connectivity index (χ0v) is 13.0. The van der Waals surface area contributed by atoms with Gasteiger partial charge in [0.25, 0.3) is 5.91 Å². The van der Waals surface area contributed by atoms with Gasteiger partial charge in [0.1, 0.15) is 5.54 Å². The fraction of sp³-hybridized carbons (Fsp3) is 0.500. The third-order valence-corrected chi connectivity index (χ3v) is 3.93. The van der Waals surface area contributed by atoms with Crippen LogP contribution in [0.1, 0.15) is 43.5 Å². The predicted molar refractivity (Wildman–Crippen MR) is 80.4 cm³/mol. The van der Waals surface area contributed by atoms with Gasteiger partial charge in [0.15, 0.2) is 0 Å². The molecule has 0 bridgehead atoms. The molecule has 0 aliphatic carbocycles. The molecule has 0 spiro atoms. The Hall–Kier alpha value is -1.89. The van der Waals surface area contributed by atoms with Gasteiger partial charge in [-0.25, -0.2) is 4.79 Å². The minimum absolute atomic E-state index is 0.166. The first-order valence-electron chi connectivity index (χ1n) is 6.74. The van der Waals surface area contributed by atoms with E-state index in [2.05, 4.69) is 10.6 Å². The maximum atomic E-state index is 11.7. The SMILES string of the molecule is CCC(C)(NC(=O)CCCNC(=O)c1ccsc1)C(=O)O. The lowest BCUT2D eigenvalue weighted by Crippen LogP contribution is -2.51. The van der Waals surface area contributed by atoms with E-state index in [-0.39, 0.29) is 18.2 Å². The number of amides is 2.